The van der Waals surface area contributed by atoms with Crippen molar-refractivity contribution >= 4 is 11.5 Å². The summed E-state index contributed by atoms with van der Waals surface area (Å²) in [4.78, 5) is 14.1. The molecule has 2 aromatic heterocycles. The van der Waals surface area contributed by atoms with Gasteiger partial charge in [-0.2, -0.15) is 4.40 Å². The molecule has 0 fully saturated rings. The zero-order chi connectivity index (χ0) is 9.42. The summed E-state index contributed by atoms with van der Waals surface area (Å²) in [5, 5.41) is 10.6. The molecule has 0 aliphatic rings. The van der Waals surface area contributed by atoms with Crippen LogP contribution in [0.1, 0.15) is 5.69 Å². The standard InChI is InChI=1S/C8H7N3O2/c1-6-3-2-4-7-9-5-8(10(6)7)11(12)13/h2-5H,1H3. The van der Waals surface area contributed by atoms with Crippen molar-refractivity contribution in [1.82, 2.24) is 9.38 Å². The number of rotatable bonds is 1. The van der Waals surface area contributed by atoms with Gasteiger partial charge in [0.1, 0.15) is 11.9 Å². The summed E-state index contributed by atoms with van der Waals surface area (Å²) in [6, 6.07) is 5.36. The molecule has 5 nitrogen and oxygen atoms in total. The normalized spacial score (nSPS) is 10.5. The van der Waals surface area contributed by atoms with Crippen LogP contribution in [-0.4, -0.2) is 14.3 Å². The van der Waals surface area contributed by atoms with Crippen molar-refractivity contribution in [2.24, 2.45) is 0 Å². The molecule has 2 aromatic rings. The maximum Gasteiger partial charge on any atom is 0.348 e. The molecule has 2 rings (SSSR count). The second-order valence-corrected chi connectivity index (χ2v) is 2.73. The number of imidazole rings is 1. The van der Waals surface area contributed by atoms with Crippen LogP contribution in [0.15, 0.2) is 24.4 Å². The minimum absolute atomic E-state index is 0.00750. The molecule has 0 bridgehead atoms. The fourth-order valence-corrected chi connectivity index (χ4v) is 1.31. The highest BCUT2D eigenvalue weighted by Gasteiger charge is 2.14. The van der Waals surface area contributed by atoms with Crippen LogP contribution in [0.5, 0.6) is 0 Å². The molecule has 0 aliphatic heterocycles. The Morgan fingerprint density at radius 3 is 3.00 bits per heavy atom. The highest BCUT2D eigenvalue weighted by molar-refractivity contribution is 5.46. The van der Waals surface area contributed by atoms with Crippen LogP contribution in [-0.2, 0) is 0 Å². The number of aryl methyl sites for hydroxylation is 1. The summed E-state index contributed by atoms with van der Waals surface area (Å²) in [6.45, 7) is 1.81. The molecule has 0 N–H and O–H groups in total. The second kappa shape index (κ2) is 2.55. The first-order valence-electron chi connectivity index (χ1n) is 3.77. The summed E-state index contributed by atoms with van der Waals surface area (Å²) in [5.74, 6) is 0.00750. The predicted octanol–water partition coefficient (Wildman–Crippen LogP) is 1.55. The van der Waals surface area contributed by atoms with E-state index in [1.807, 2.05) is 19.1 Å². The smallest absolute Gasteiger partial charge is 0.348 e. The van der Waals surface area contributed by atoms with Crippen molar-refractivity contribution < 1.29 is 4.92 Å². The van der Waals surface area contributed by atoms with Crippen molar-refractivity contribution in [2.75, 3.05) is 0 Å². The van der Waals surface area contributed by atoms with Gasteiger partial charge in [-0.3, -0.25) is 0 Å². The Kier molecular flexibility index (Phi) is 1.51. The van der Waals surface area contributed by atoms with E-state index in [2.05, 4.69) is 4.98 Å². The maximum absolute atomic E-state index is 10.6. The van der Waals surface area contributed by atoms with Crippen LogP contribution >= 0.6 is 0 Å². The molecule has 13 heavy (non-hydrogen) atoms. The topological polar surface area (TPSA) is 60.4 Å². The van der Waals surface area contributed by atoms with Crippen LogP contribution in [0.3, 0.4) is 0 Å². The van der Waals surface area contributed by atoms with E-state index in [0.29, 0.717) is 5.65 Å². The predicted molar refractivity (Wildman–Crippen MR) is 46.6 cm³/mol. The number of hydrogen-bond donors (Lipinski definition) is 0. The average Bonchev–Trinajstić information content (AvgIpc) is 2.49. The lowest BCUT2D eigenvalue weighted by Crippen LogP contribution is -1.96. The fraction of sp³-hybridized carbons (Fsp3) is 0.125. The highest BCUT2D eigenvalue weighted by atomic mass is 16.6. The van der Waals surface area contributed by atoms with Crippen LogP contribution in [0.2, 0.25) is 0 Å². The summed E-state index contributed by atoms with van der Waals surface area (Å²) in [7, 11) is 0. The van der Waals surface area contributed by atoms with E-state index in [1.165, 1.54) is 10.6 Å². The Balaban J connectivity index is 2.86. The monoisotopic (exact) mass is 177 g/mol. The Morgan fingerprint density at radius 2 is 2.31 bits per heavy atom. The first-order valence-corrected chi connectivity index (χ1v) is 3.77. The van der Waals surface area contributed by atoms with Gasteiger partial charge in [-0.1, -0.05) is 6.07 Å². The molecular formula is C8H7N3O2. The Labute approximate surface area is 73.8 Å². The highest BCUT2D eigenvalue weighted by Crippen LogP contribution is 2.15. The van der Waals surface area contributed by atoms with Gasteiger partial charge in [-0.15, -0.1) is 0 Å². The third-order valence-electron chi connectivity index (χ3n) is 1.89. The van der Waals surface area contributed by atoms with E-state index < -0.39 is 4.92 Å². The van der Waals surface area contributed by atoms with E-state index in [0.717, 1.165) is 5.69 Å². The van der Waals surface area contributed by atoms with Crippen LogP contribution in [0.25, 0.3) is 5.65 Å². The van der Waals surface area contributed by atoms with Gasteiger partial charge in [0, 0.05) is 6.07 Å². The van der Waals surface area contributed by atoms with Crippen LogP contribution in [0, 0.1) is 17.0 Å². The number of fused-ring (bicyclic) bond motifs is 1. The Morgan fingerprint density at radius 1 is 1.54 bits per heavy atom. The van der Waals surface area contributed by atoms with Gasteiger partial charge < -0.3 is 10.1 Å². The number of hydrogen-bond acceptors (Lipinski definition) is 3. The average molecular weight is 177 g/mol. The lowest BCUT2D eigenvalue weighted by atomic mass is 10.4. The maximum atomic E-state index is 10.6. The summed E-state index contributed by atoms with van der Waals surface area (Å²) >= 11 is 0. The van der Waals surface area contributed by atoms with E-state index in [1.54, 1.807) is 6.07 Å². The van der Waals surface area contributed by atoms with Crippen molar-refractivity contribution in [1.29, 1.82) is 0 Å². The van der Waals surface area contributed by atoms with Gasteiger partial charge in [0.05, 0.1) is 0 Å². The van der Waals surface area contributed by atoms with Gasteiger partial charge >= 0.3 is 5.82 Å². The van der Waals surface area contributed by atoms with Gasteiger partial charge in [0.15, 0.2) is 0 Å². The molecule has 0 saturated carbocycles. The van der Waals surface area contributed by atoms with Crippen LogP contribution < -0.4 is 0 Å². The van der Waals surface area contributed by atoms with Gasteiger partial charge in [-0.25, -0.2) is 4.98 Å². The zero-order valence-corrected chi connectivity index (χ0v) is 6.97. The lowest BCUT2D eigenvalue weighted by Gasteiger charge is -1.95. The quantitative estimate of drug-likeness (QED) is 0.490. The van der Waals surface area contributed by atoms with Gasteiger partial charge in [0.2, 0.25) is 5.65 Å². The number of nitrogens with zero attached hydrogens (tertiary/aromatic N) is 3. The lowest BCUT2D eigenvalue weighted by molar-refractivity contribution is -0.390. The van der Waals surface area contributed by atoms with E-state index >= 15 is 0 Å². The Hall–Kier alpha value is -1.91. The van der Waals surface area contributed by atoms with Crippen molar-refractivity contribution in [3.05, 3.63) is 40.2 Å². The SMILES string of the molecule is Cc1cccc2ncc([N+](=O)[O-])n12. The molecule has 66 valence electrons. The molecule has 0 spiro atoms. The molecule has 0 radical (unpaired) electrons. The minimum atomic E-state index is -0.438. The molecule has 0 unspecified atom stereocenters. The third-order valence-corrected chi connectivity index (χ3v) is 1.89. The van der Waals surface area contributed by atoms with E-state index in [4.69, 9.17) is 0 Å². The Bertz CT molecular complexity index is 475. The molecule has 5 heteroatoms. The number of aromatic nitrogens is 2. The summed E-state index contributed by atoms with van der Waals surface area (Å²) < 4.78 is 1.51. The minimum Gasteiger partial charge on any atom is -0.358 e. The fourth-order valence-electron chi connectivity index (χ4n) is 1.31. The molecular weight excluding hydrogens is 170 g/mol. The van der Waals surface area contributed by atoms with Crippen molar-refractivity contribution in [3.8, 4) is 0 Å². The van der Waals surface area contributed by atoms with Crippen LogP contribution in [0.4, 0.5) is 5.82 Å². The molecule has 0 atom stereocenters. The number of pyridine rings is 1. The first kappa shape index (κ1) is 7.72. The third kappa shape index (κ3) is 1.05. The number of nitro groups is 1. The largest absolute Gasteiger partial charge is 0.358 e. The van der Waals surface area contributed by atoms with Crippen molar-refractivity contribution in [2.45, 2.75) is 6.92 Å². The molecule has 0 aromatic carbocycles. The summed E-state index contributed by atoms with van der Waals surface area (Å²) in [6.07, 6.45) is 1.27. The summed E-state index contributed by atoms with van der Waals surface area (Å²) in [5.41, 5.74) is 1.41. The molecule has 2 heterocycles. The molecule has 0 aliphatic carbocycles. The zero-order valence-electron chi connectivity index (χ0n) is 6.97. The van der Waals surface area contributed by atoms with E-state index in [9.17, 15) is 10.1 Å². The molecule has 0 amide bonds. The van der Waals surface area contributed by atoms with Gasteiger partial charge in [0.25, 0.3) is 0 Å². The molecule has 0 saturated heterocycles. The van der Waals surface area contributed by atoms with Crippen molar-refractivity contribution in [3.63, 3.8) is 0 Å². The second-order valence-electron chi connectivity index (χ2n) is 2.73. The van der Waals surface area contributed by atoms with Gasteiger partial charge in [-0.05, 0) is 17.9 Å². The van der Waals surface area contributed by atoms with E-state index in [-0.39, 0.29) is 5.82 Å². The first-order chi connectivity index (χ1) is 6.20.